The molecular weight excluding hydrogens is 260 g/mol. The Kier molecular flexibility index (Phi) is 3.75. The summed E-state index contributed by atoms with van der Waals surface area (Å²) in [4.78, 5) is 14.4. The fourth-order valence-electron chi connectivity index (χ4n) is 3.33. The van der Waals surface area contributed by atoms with Crippen molar-refractivity contribution in [3.8, 4) is 0 Å². The van der Waals surface area contributed by atoms with Gasteiger partial charge in [0.1, 0.15) is 0 Å². The Balaban J connectivity index is 1.97. The van der Waals surface area contributed by atoms with E-state index in [-0.39, 0.29) is 5.91 Å². The predicted molar refractivity (Wildman–Crippen MR) is 86.2 cm³/mol. The summed E-state index contributed by atoms with van der Waals surface area (Å²) in [5.74, 6) is 0.709. The second kappa shape index (κ2) is 5.55. The van der Waals surface area contributed by atoms with Crippen molar-refractivity contribution in [2.24, 2.45) is 5.92 Å². The Bertz CT molecular complexity index is 669. The van der Waals surface area contributed by atoms with Gasteiger partial charge < -0.3 is 9.47 Å². The van der Waals surface area contributed by atoms with Crippen molar-refractivity contribution in [2.45, 2.75) is 46.7 Å². The number of amides is 1. The molecule has 0 spiro atoms. The second-order valence-electron chi connectivity index (χ2n) is 6.41. The molecule has 3 nitrogen and oxygen atoms in total. The molecule has 21 heavy (non-hydrogen) atoms. The van der Waals surface area contributed by atoms with E-state index in [4.69, 9.17) is 0 Å². The highest BCUT2D eigenvalue weighted by atomic mass is 16.2. The molecule has 0 fully saturated rings. The van der Waals surface area contributed by atoms with Crippen molar-refractivity contribution < 1.29 is 4.79 Å². The van der Waals surface area contributed by atoms with Gasteiger partial charge in [0.05, 0.1) is 0 Å². The number of benzene rings is 1. The fraction of sp³-hybridized carbons (Fsp3) is 0.500. The minimum Gasteiger partial charge on any atom is -0.347 e. The maximum atomic E-state index is 12.4. The van der Waals surface area contributed by atoms with Crippen LogP contribution in [0.1, 0.15) is 38.3 Å². The van der Waals surface area contributed by atoms with Gasteiger partial charge in [0, 0.05) is 43.2 Å². The van der Waals surface area contributed by atoms with Crippen LogP contribution in [-0.4, -0.2) is 21.9 Å². The van der Waals surface area contributed by atoms with Crippen LogP contribution in [0.25, 0.3) is 10.9 Å². The predicted octanol–water partition coefficient (Wildman–Crippen LogP) is 3.59. The molecule has 0 saturated heterocycles. The molecule has 1 aliphatic rings. The Morgan fingerprint density at radius 2 is 2.10 bits per heavy atom. The molecule has 0 radical (unpaired) electrons. The van der Waals surface area contributed by atoms with Crippen molar-refractivity contribution in [3.05, 3.63) is 35.5 Å². The van der Waals surface area contributed by atoms with E-state index < -0.39 is 0 Å². The Labute approximate surface area is 126 Å². The van der Waals surface area contributed by atoms with Crippen LogP contribution in [0, 0.1) is 5.92 Å². The second-order valence-corrected chi connectivity index (χ2v) is 6.41. The van der Waals surface area contributed by atoms with Crippen molar-refractivity contribution in [3.63, 3.8) is 0 Å². The molecule has 0 saturated carbocycles. The van der Waals surface area contributed by atoms with E-state index in [2.05, 4.69) is 49.7 Å². The molecule has 112 valence electrons. The van der Waals surface area contributed by atoms with E-state index in [1.807, 2.05) is 4.90 Å². The third-order valence-corrected chi connectivity index (χ3v) is 4.36. The number of aromatic nitrogens is 1. The van der Waals surface area contributed by atoms with Crippen LogP contribution in [-0.2, 0) is 24.3 Å². The van der Waals surface area contributed by atoms with Crippen molar-refractivity contribution in [1.82, 2.24) is 9.47 Å². The van der Waals surface area contributed by atoms with E-state index in [9.17, 15) is 4.79 Å². The van der Waals surface area contributed by atoms with Crippen LogP contribution in [0.4, 0.5) is 0 Å². The van der Waals surface area contributed by atoms with Gasteiger partial charge in [-0.3, -0.25) is 4.79 Å². The molecule has 2 heterocycles. The molecule has 1 aromatic carbocycles. The largest absolute Gasteiger partial charge is 0.347 e. The molecule has 0 N–H and O–H groups in total. The lowest BCUT2D eigenvalue weighted by Crippen LogP contribution is -2.32. The molecule has 3 rings (SSSR count). The maximum Gasteiger partial charge on any atom is 0.223 e. The lowest BCUT2D eigenvalue weighted by molar-refractivity contribution is -0.132. The third-order valence-electron chi connectivity index (χ3n) is 4.36. The third kappa shape index (κ3) is 2.57. The van der Waals surface area contributed by atoms with Gasteiger partial charge in [0.15, 0.2) is 0 Å². The lowest BCUT2D eigenvalue weighted by Gasteiger charge is -2.22. The summed E-state index contributed by atoms with van der Waals surface area (Å²) < 4.78 is 2.32. The first-order valence-electron chi connectivity index (χ1n) is 7.97. The average molecular weight is 284 g/mol. The van der Waals surface area contributed by atoms with E-state index in [1.165, 1.54) is 22.0 Å². The highest BCUT2D eigenvalue weighted by Gasteiger charge is 2.22. The molecule has 1 aromatic heterocycles. The maximum absolute atomic E-state index is 12.4. The van der Waals surface area contributed by atoms with Gasteiger partial charge in [-0.05, 0) is 36.5 Å². The van der Waals surface area contributed by atoms with Crippen molar-refractivity contribution >= 4 is 16.8 Å². The van der Waals surface area contributed by atoms with Gasteiger partial charge in [-0.2, -0.15) is 0 Å². The molecule has 0 unspecified atom stereocenters. The standard InChI is InChI=1S/C18H24N2O/c1-4-19-11-15-8-9-20(17(21)10-13(2)3)12-14-6-5-7-16(19)18(14)15/h5-7,11,13H,4,8-10,12H2,1-3H3. The SMILES string of the molecule is CCn1cc2c3c(cccc31)CN(C(=O)CC(C)C)CC2. The van der Waals surface area contributed by atoms with Gasteiger partial charge in [-0.25, -0.2) is 0 Å². The summed E-state index contributed by atoms with van der Waals surface area (Å²) in [6.45, 7) is 8.98. The van der Waals surface area contributed by atoms with E-state index >= 15 is 0 Å². The quantitative estimate of drug-likeness (QED) is 0.845. The van der Waals surface area contributed by atoms with Gasteiger partial charge in [-0.1, -0.05) is 26.0 Å². The summed E-state index contributed by atoms with van der Waals surface area (Å²) >= 11 is 0. The van der Waals surface area contributed by atoms with Gasteiger partial charge >= 0.3 is 0 Å². The lowest BCUT2D eigenvalue weighted by atomic mass is 10.1. The molecular formula is C18H24N2O. The number of nitrogens with zero attached hydrogens (tertiary/aromatic N) is 2. The van der Waals surface area contributed by atoms with Crippen LogP contribution in [0.15, 0.2) is 24.4 Å². The molecule has 0 atom stereocenters. The first kappa shape index (κ1) is 14.2. The Morgan fingerprint density at radius 1 is 1.29 bits per heavy atom. The van der Waals surface area contributed by atoms with Crippen LogP contribution in [0.2, 0.25) is 0 Å². The summed E-state index contributed by atoms with van der Waals surface area (Å²) in [6.07, 6.45) is 3.88. The number of carbonyl (C=O) groups is 1. The number of rotatable bonds is 3. The van der Waals surface area contributed by atoms with E-state index in [1.54, 1.807) is 0 Å². The summed E-state index contributed by atoms with van der Waals surface area (Å²) in [5.41, 5.74) is 4.00. The van der Waals surface area contributed by atoms with E-state index in [0.717, 1.165) is 26.1 Å². The number of carbonyl (C=O) groups excluding carboxylic acids is 1. The molecule has 0 aliphatic carbocycles. The Hall–Kier alpha value is -1.77. The van der Waals surface area contributed by atoms with Crippen LogP contribution >= 0.6 is 0 Å². The summed E-state index contributed by atoms with van der Waals surface area (Å²) in [6, 6.07) is 6.48. The molecule has 2 aromatic rings. The van der Waals surface area contributed by atoms with Crippen LogP contribution in [0.5, 0.6) is 0 Å². The van der Waals surface area contributed by atoms with E-state index in [0.29, 0.717) is 12.3 Å². The van der Waals surface area contributed by atoms with Gasteiger partial charge in [0.2, 0.25) is 5.91 Å². The van der Waals surface area contributed by atoms with Crippen LogP contribution in [0.3, 0.4) is 0 Å². The first-order valence-corrected chi connectivity index (χ1v) is 7.97. The minimum absolute atomic E-state index is 0.288. The highest BCUT2D eigenvalue weighted by molar-refractivity contribution is 5.88. The zero-order chi connectivity index (χ0) is 15.0. The van der Waals surface area contributed by atoms with Crippen molar-refractivity contribution in [2.75, 3.05) is 6.54 Å². The number of hydrogen-bond donors (Lipinski definition) is 0. The normalized spacial score (nSPS) is 14.8. The molecule has 3 heteroatoms. The fourth-order valence-corrected chi connectivity index (χ4v) is 3.33. The Morgan fingerprint density at radius 3 is 2.81 bits per heavy atom. The first-order chi connectivity index (χ1) is 10.1. The average Bonchev–Trinajstić information content (AvgIpc) is 2.69. The molecule has 1 aliphatic heterocycles. The molecule has 1 amide bonds. The number of aryl methyl sites for hydroxylation is 1. The monoisotopic (exact) mass is 284 g/mol. The molecule has 0 bridgehead atoms. The van der Waals surface area contributed by atoms with Crippen LogP contribution < -0.4 is 0 Å². The van der Waals surface area contributed by atoms with Crippen molar-refractivity contribution in [1.29, 1.82) is 0 Å². The van der Waals surface area contributed by atoms with Gasteiger partial charge in [0.25, 0.3) is 0 Å². The minimum atomic E-state index is 0.288. The summed E-state index contributed by atoms with van der Waals surface area (Å²) in [7, 11) is 0. The zero-order valence-electron chi connectivity index (χ0n) is 13.2. The zero-order valence-corrected chi connectivity index (χ0v) is 13.2. The number of hydrogen-bond acceptors (Lipinski definition) is 1. The highest BCUT2D eigenvalue weighted by Crippen LogP contribution is 2.29. The van der Waals surface area contributed by atoms with Gasteiger partial charge in [-0.15, -0.1) is 0 Å². The topological polar surface area (TPSA) is 25.2 Å². The smallest absolute Gasteiger partial charge is 0.223 e. The summed E-state index contributed by atoms with van der Waals surface area (Å²) in [5, 5.41) is 1.37.